The normalized spacial score (nSPS) is 17.2. The lowest BCUT2D eigenvalue weighted by Crippen LogP contribution is -2.45. The number of urea groups is 1. The Hall–Kier alpha value is -1.30. The number of aliphatic hydroxyl groups excluding tert-OH is 1. The van der Waals surface area contributed by atoms with Crippen molar-refractivity contribution in [2.75, 3.05) is 19.6 Å². The van der Waals surface area contributed by atoms with E-state index in [9.17, 15) is 14.7 Å². The molecule has 3 N–H and O–H groups in total. The van der Waals surface area contributed by atoms with Crippen molar-refractivity contribution >= 4 is 12.0 Å². The molecule has 0 spiro atoms. The average Bonchev–Trinajstić information content (AvgIpc) is 2.25. The van der Waals surface area contributed by atoms with E-state index in [1.807, 2.05) is 0 Å². The Labute approximate surface area is 94.2 Å². The second kappa shape index (κ2) is 6.32. The monoisotopic (exact) mass is 230 g/mol. The van der Waals surface area contributed by atoms with Gasteiger partial charge in [-0.15, -0.1) is 0 Å². The summed E-state index contributed by atoms with van der Waals surface area (Å²) in [7, 11) is 0. The number of hydrogen-bond donors (Lipinski definition) is 3. The van der Waals surface area contributed by atoms with Crippen LogP contribution in [-0.4, -0.2) is 52.9 Å². The highest BCUT2D eigenvalue weighted by molar-refractivity contribution is 5.74. The summed E-state index contributed by atoms with van der Waals surface area (Å²) in [6, 6.07) is -0.169. The fourth-order valence-corrected chi connectivity index (χ4v) is 1.62. The van der Waals surface area contributed by atoms with E-state index in [0.29, 0.717) is 38.9 Å². The van der Waals surface area contributed by atoms with Gasteiger partial charge in [0.05, 0.1) is 6.10 Å². The minimum Gasteiger partial charge on any atom is -0.481 e. The third-order valence-electron chi connectivity index (χ3n) is 2.60. The number of carbonyl (C=O) groups is 2. The van der Waals surface area contributed by atoms with Crippen molar-refractivity contribution in [2.45, 2.75) is 31.8 Å². The van der Waals surface area contributed by atoms with Crippen LogP contribution in [0.5, 0.6) is 0 Å². The van der Waals surface area contributed by atoms with Crippen molar-refractivity contribution in [3.05, 3.63) is 0 Å². The fourth-order valence-electron chi connectivity index (χ4n) is 1.62. The minimum absolute atomic E-state index is 0.0684. The first kappa shape index (κ1) is 12.8. The molecule has 16 heavy (non-hydrogen) atoms. The molecule has 1 fully saturated rings. The highest BCUT2D eigenvalue weighted by atomic mass is 16.4. The van der Waals surface area contributed by atoms with Gasteiger partial charge in [-0.2, -0.15) is 0 Å². The molecule has 6 heteroatoms. The number of amides is 2. The molecule has 0 aromatic carbocycles. The summed E-state index contributed by atoms with van der Waals surface area (Å²) in [4.78, 5) is 23.4. The summed E-state index contributed by atoms with van der Waals surface area (Å²) in [5.41, 5.74) is 0. The van der Waals surface area contributed by atoms with Crippen molar-refractivity contribution in [1.82, 2.24) is 10.2 Å². The number of carboxylic acids is 1. The second-order valence-corrected chi connectivity index (χ2v) is 3.95. The Balaban J connectivity index is 2.12. The van der Waals surface area contributed by atoms with E-state index in [4.69, 9.17) is 5.11 Å². The van der Waals surface area contributed by atoms with Gasteiger partial charge >= 0.3 is 12.0 Å². The van der Waals surface area contributed by atoms with Crippen LogP contribution in [-0.2, 0) is 4.79 Å². The van der Waals surface area contributed by atoms with E-state index >= 15 is 0 Å². The lowest BCUT2D eigenvalue weighted by molar-refractivity contribution is -0.137. The summed E-state index contributed by atoms with van der Waals surface area (Å²) in [5, 5.41) is 20.3. The molecule has 1 heterocycles. The van der Waals surface area contributed by atoms with Crippen LogP contribution in [0.15, 0.2) is 0 Å². The Morgan fingerprint density at radius 1 is 1.31 bits per heavy atom. The Bertz CT molecular complexity index is 249. The van der Waals surface area contributed by atoms with E-state index in [1.165, 1.54) is 0 Å². The predicted octanol–water partition coefficient (Wildman–Crippen LogP) is 0.0175. The van der Waals surface area contributed by atoms with Crippen LogP contribution in [0, 0.1) is 0 Å². The third-order valence-corrected chi connectivity index (χ3v) is 2.60. The number of likely N-dealkylation sites (tertiary alicyclic amines) is 1. The molecule has 1 saturated heterocycles. The molecular formula is C10H18N2O4. The molecule has 6 nitrogen and oxygen atoms in total. The summed E-state index contributed by atoms with van der Waals surface area (Å²) in [6.07, 6.45) is 1.44. The molecule has 0 saturated carbocycles. The summed E-state index contributed by atoms with van der Waals surface area (Å²) in [5.74, 6) is -0.852. The number of aliphatic hydroxyl groups is 1. The standard InChI is InChI=1S/C10H18N2O4/c13-8-3-6-12(7-4-8)10(16)11-5-1-2-9(14)15/h8,13H,1-7H2,(H,11,16)(H,14,15). The maximum absolute atomic E-state index is 11.5. The zero-order chi connectivity index (χ0) is 12.0. The Kier molecular flexibility index (Phi) is 5.04. The first-order chi connectivity index (χ1) is 7.59. The molecule has 1 aliphatic rings. The zero-order valence-electron chi connectivity index (χ0n) is 9.19. The fraction of sp³-hybridized carbons (Fsp3) is 0.800. The van der Waals surface area contributed by atoms with E-state index in [1.54, 1.807) is 4.90 Å². The number of carboxylic acid groups (broad SMARTS) is 1. The van der Waals surface area contributed by atoms with Gasteiger partial charge in [-0.3, -0.25) is 4.79 Å². The molecule has 0 aromatic rings. The minimum atomic E-state index is -0.852. The molecule has 1 aliphatic heterocycles. The van der Waals surface area contributed by atoms with E-state index < -0.39 is 5.97 Å². The maximum Gasteiger partial charge on any atom is 0.317 e. The van der Waals surface area contributed by atoms with Crippen LogP contribution in [0.4, 0.5) is 4.79 Å². The number of carbonyl (C=O) groups excluding carboxylic acids is 1. The van der Waals surface area contributed by atoms with Crippen molar-refractivity contribution in [3.63, 3.8) is 0 Å². The molecule has 2 amide bonds. The van der Waals surface area contributed by atoms with Crippen LogP contribution >= 0.6 is 0 Å². The summed E-state index contributed by atoms with van der Waals surface area (Å²) >= 11 is 0. The van der Waals surface area contributed by atoms with Crippen molar-refractivity contribution in [3.8, 4) is 0 Å². The van der Waals surface area contributed by atoms with Crippen LogP contribution in [0.1, 0.15) is 25.7 Å². The largest absolute Gasteiger partial charge is 0.481 e. The number of aliphatic carboxylic acids is 1. The van der Waals surface area contributed by atoms with Crippen LogP contribution in [0.2, 0.25) is 0 Å². The molecule has 0 atom stereocenters. The molecule has 0 bridgehead atoms. The zero-order valence-corrected chi connectivity index (χ0v) is 9.19. The van der Waals surface area contributed by atoms with Crippen LogP contribution in [0.3, 0.4) is 0 Å². The molecule has 0 aromatic heterocycles. The van der Waals surface area contributed by atoms with Crippen LogP contribution in [0.25, 0.3) is 0 Å². The van der Waals surface area contributed by atoms with Gasteiger partial charge < -0.3 is 20.4 Å². The van der Waals surface area contributed by atoms with Gasteiger partial charge in [0.25, 0.3) is 0 Å². The Morgan fingerprint density at radius 3 is 2.50 bits per heavy atom. The number of nitrogens with zero attached hydrogens (tertiary/aromatic N) is 1. The van der Waals surface area contributed by atoms with Gasteiger partial charge in [-0.1, -0.05) is 0 Å². The number of piperidine rings is 1. The molecule has 92 valence electrons. The first-order valence-corrected chi connectivity index (χ1v) is 5.52. The number of rotatable bonds is 4. The lowest BCUT2D eigenvalue weighted by atomic mass is 10.1. The second-order valence-electron chi connectivity index (χ2n) is 3.95. The lowest BCUT2D eigenvalue weighted by Gasteiger charge is -2.29. The number of nitrogens with one attached hydrogen (secondary N) is 1. The third kappa shape index (κ3) is 4.48. The van der Waals surface area contributed by atoms with Crippen LogP contribution < -0.4 is 5.32 Å². The van der Waals surface area contributed by atoms with Crippen molar-refractivity contribution < 1.29 is 19.8 Å². The van der Waals surface area contributed by atoms with Gasteiger partial charge in [0.2, 0.25) is 0 Å². The van der Waals surface area contributed by atoms with Gasteiger partial charge in [-0.05, 0) is 19.3 Å². The average molecular weight is 230 g/mol. The predicted molar refractivity (Wildman–Crippen MR) is 57.1 cm³/mol. The van der Waals surface area contributed by atoms with Gasteiger partial charge in [0.1, 0.15) is 0 Å². The SMILES string of the molecule is O=C(O)CCCNC(=O)N1CCC(O)CC1. The highest BCUT2D eigenvalue weighted by Gasteiger charge is 2.20. The van der Waals surface area contributed by atoms with E-state index in [0.717, 1.165) is 0 Å². The maximum atomic E-state index is 11.5. The summed E-state index contributed by atoms with van der Waals surface area (Å²) < 4.78 is 0. The van der Waals surface area contributed by atoms with E-state index in [2.05, 4.69) is 5.32 Å². The van der Waals surface area contributed by atoms with Crippen molar-refractivity contribution in [1.29, 1.82) is 0 Å². The quantitative estimate of drug-likeness (QED) is 0.594. The smallest absolute Gasteiger partial charge is 0.317 e. The molecular weight excluding hydrogens is 212 g/mol. The first-order valence-electron chi connectivity index (χ1n) is 5.52. The van der Waals surface area contributed by atoms with E-state index in [-0.39, 0.29) is 18.6 Å². The molecule has 0 aliphatic carbocycles. The molecule has 0 radical (unpaired) electrons. The summed E-state index contributed by atoms with van der Waals surface area (Å²) in [6.45, 7) is 1.50. The van der Waals surface area contributed by atoms with Gasteiger partial charge in [0, 0.05) is 26.1 Å². The number of hydrogen-bond acceptors (Lipinski definition) is 3. The highest BCUT2D eigenvalue weighted by Crippen LogP contribution is 2.09. The van der Waals surface area contributed by atoms with Gasteiger partial charge in [0.15, 0.2) is 0 Å². The molecule has 0 unspecified atom stereocenters. The van der Waals surface area contributed by atoms with Gasteiger partial charge in [-0.25, -0.2) is 4.79 Å². The van der Waals surface area contributed by atoms with Crippen molar-refractivity contribution in [2.24, 2.45) is 0 Å². The molecule has 1 rings (SSSR count). The Morgan fingerprint density at radius 2 is 1.94 bits per heavy atom. The topological polar surface area (TPSA) is 89.9 Å².